The summed E-state index contributed by atoms with van der Waals surface area (Å²) in [4.78, 5) is 10.9. The quantitative estimate of drug-likeness (QED) is 0.625. The molecule has 1 aliphatic rings. The fraction of sp³-hybridized carbons (Fsp3) is 0.857. The standard InChI is InChI=1S/C7H11O2S/c8-4-1-2-6-3-5-10-7(6)9/h6H,1-5H2. The monoisotopic (exact) mass is 159 g/mol. The van der Waals surface area contributed by atoms with Crippen LogP contribution in [0.15, 0.2) is 0 Å². The second kappa shape index (κ2) is 3.98. The highest BCUT2D eigenvalue weighted by Crippen LogP contribution is 2.28. The van der Waals surface area contributed by atoms with E-state index in [2.05, 4.69) is 0 Å². The van der Waals surface area contributed by atoms with Crippen LogP contribution in [0.4, 0.5) is 0 Å². The Bertz CT molecular complexity index is 125. The Labute approximate surface area is 65.0 Å². The van der Waals surface area contributed by atoms with Crippen LogP contribution in [0, 0.1) is 5.92 Å². The van der Waals surface area contributed by atoms with Gasteiger partial charge >= 0.3 is 0 Å². The molecule has 3 heteroatoms. The minimum atomic E-state index is -0.0333. The first-order valence-electron chi connectivity index (χ1n) is 3.59. The van der Waals surface area contributed by atoms with Gasteiger partial charge in [-0.15, -0.1) is 0 Å². The minimum absolute atomic E-state index is 0.0333. The predicted octanol–water partition coefficient (Wildman–Crippen LogP) is 1.48. The summed E-state index contributed by atoms with van der Waals surface area (Å²) < 4.78 is 0. The number of carbonyl (C=O) groups is 1. The van der Waals surface area contributed by atoms with E-state index >= 15 is 0 Å². The smallest absolute Gasteiger partial charge is 0.192 e. The van der Waals surface area contributed by atoms with Crippen LogP contribution < -0.4 is 0 Å². The number of hydrogen-bond donors (Lipinski definition) is 0. The summed E-state index contributed by atoms with van der Waals surface area (Å²) in [6, 6.07) is 0. The van der Waals surface area contributed by atoms with E-state index in [0.29, 0.717) is 11.5 Å². The van der Waals surface area contributed by atoms with Gasteiger partial charge in [-0.1, -0.05) is 11.8 Å². The molecule has 1 radical (unpaired) electrons. The Morgan fingerprint density at radius 1 is 1.60 bits per heavy atom. The van der Waals surface area contributed by atoms with E-state index in [-0.39, 0.29) is 12.5 Å². The average molecular weight is 159 g/mol. The summed E-state index contributed by atoms with van der Waals surface area (Å²) in [7, 11) is 0. The lowest BCUT2D eigenvalue weighted by atomic mass is 10.0. The Balaban J connectivity index is 2.20. The van der Waals surface area contributed by atoms with E-state index in [1.165, 1.54) is 11.8 Å². The van der Waals surface area contributed by atoms with Gasteiger partial charge in [-0.25, -0.2) is 5.11 Å². The third-order valence-corrected chi connectivity index (χ3v) is 2.80. The maximum atomic E-state index is 10.9. The zero-order valence-electron chi connectivity index (χ0n) is 5.84. The SMILES string of the molecule is [O]CCCC1CCSC1=O. The normalized spacial score (nSPS) is 25.7. The third-order valence-electron chi connectivity index (χ3n) is 1.74. The van der Waals surface area contributed by atoms with Gasteiger partial charge in [-0.3, -0.25) is 4.79 Å². The molecular formula is C7H11O2S. The molecule has 1 heterocycles. The lowest BCUT2D eigenvalue weighted by Crippen LogP contribution is -2.04. The molecule has 57 valence electrons. The van der Waals surface area contributed by atoms with Crippen molar-refractivity contribution in [3.8, 4) is 0 Å². The first kappa shape index (κ1) is 8.08. The van der Waals surface area contributed by atoms with E-state index in [0.717, 1.165) is 18.6 Å². The van der Waals surface area contributed by atoms with Gasteiger partial charge in [-0.2, -0.15) is 0 Å². The van der Waals surface area contributed by atoms with Crippen molar-refractivity contribution in [3.05, 3.63) is 0 Å². The second-order valence-electron chi connectivity index (χ2n) is 2.50. The molecule has 1 unspecified atom stereocenters. The van der Waals surface area contributed by atoms with Gasteiger partial charge in [-0.05, 0) is 19.3 Å². The van der Waals surface area contributed by atoms with Crippen molar-refractivity contribution in [2.45, 2.75) is 19.3 Å². The topological polar surface area (TPSA) is 37.0 Å². The Kier molecular flexibility index (Phi) is 3.22. The Morgan fingerprint density at radius 2 is 2.40 bits per heavy atom. The van der Waals surface area contributed by atoms with E-state index in [1.54, 1.807) is 0 Å². The second-order valence-corrected chi connectivity index (χ2v) is 3.60. The summed E-state index contributed by atoms with van der Waals surface area (Å²) in [5.74, 6) is 1.17. The highest BCUT2D eigenvalue weighted by atomic mass is 32.2. The fourth-order valence-corrected chi connectivity index (χ4v) is 2.20. The van der Waals surface area contributed by atoms with E-state index in [9.17, 15) is 9.90 Å². The zero-order valence-corrected chi connectivity index (χ0v) is 6.65. The molecular weight excluding hydrogens is 148 g/mol. The highest BCUT2D eigenvalue weighted by Gasteiger charge is 2.24. The molecule has 0 aliphatic carbocycles. The van der Waals surface area contributed by atoms with E-state index in [1.807, 2.05) is 0 Å². The molecule has 1 aliphatic heterocycles. The van der Waals surface area contributed by atoms with Crippen molar-refractivity contribution in [1.82, 2.24) is 0 Å². The summed E-state index contributed by atoms with van der Waals surface area (Å²) in [6.45, 7) is -0.0333. The predicted molar refractivity (Wildman–Crippen MR) is 40.4 cm³/mol. The van der Waals surface area contributed by atoms with Crippen molar-refractivity contribution in [1.29, 1.82) is 0 Å². The van der Waals surface area contributed by atoms with Crippen LogP contribution in [-0.2, 0) is 9.90 Å². The molecule has 1 fully saturated rings. The maximum Gasteiger partial charge on any atom is 0.192 e. The first-order valence-corrected chi connectivity index (χ1v) is 4.58. The zero-order chi connectivity index (χ0) is 7.40. The molecule has 0 aromatic heterocycles. The van der Waals surface area contributed by atoms with E-state index in [4.69, 9.17) is 0 Å². The number of thioether (sulfide) groups is 1. The lowest BCUT2D eigenvalue weighted by Gasteiger charge is -2.02. The lowest BCUT2D eigenvalue weighted by molar-refractivity contribution is -0.114. The molecule has 0 spiro atoms. The van der Waals surface area contributed by atoms with Crippen LogP contribution in [0.1, 0.15) is 19.3 Å². The molecule has 0 saturated carbocycles. The molecule has 0 aromatic rings. The Morgan fingerprint density at radius 3 is 2.90 bits per heavy atom. The van der Waals surface area contributed by atoms with Crippen molar-refractivity contribution in [2.24, 2.45) is 5.92 Å². The number of carbonyl (C=O) groups excluding carboxylic acids is 1. The molecule has 1 saturated heterocycles. The van der Waals surface area contributed by atoms with Crippen molar-refractivity contribution >= 4 is 16.9 Å². The van der Waals surface area contributed by atoms with Crippen LogP contribution in [0.5, 0.6) is 0 Å². The third kappa shape index (κ3) is 1.99. The van der Waals surface area contributed by atoms with Gasteiger partial charge in [0, 0.05) is 11.7 Å². The first-order chi connectivity index (χ1) is 4.84. The van der Waals surface area contributed by atoms with Crippen LogP contribution >= 0.6 is 11.8 Å². The summed E-state index contributed by atoms with van der Waals surface area (Å²) in [6.07, 6.45) is 2.47. The molecule has 10 heavy (non-hydrogen) atoms. The van der Waals surface area contributed by atoms with Gasteiger partial charge in [0.2, 0.25) is 0 Å². The number of rotatable bonds is 3. The van der Waals surface area contributed by atoms with Crippen LogP contribution in [0.3, 0.4) is 0 Å². The highest BCUT2D eigenvalue weighted by molar-refractivity contribution is 8.14. The van der Waals surface area contributed by atoms with Gasteiger partial charge in [0.05, 0.1) is 6.61 Å². The maximum absolute atomic E-state index is 10.9. The minimum Gasteiger partial charge on any atom is -0.287 e. The van der Waals surface area contributed by atoms with Crippen LogP contribution in [0.25, 0.3) is 0 Å². The summed E-state index contributed by atoms with van der Waals surface area (Å²) in [5, 5.41) is 10.4. The summed E-state index contributed by atoms with van der Waals surface area (Å²) >= 11 is 1.41. The molecule has 0 aromatic carbocycles. The molecule has 2 nitrogen and oxygen atoms in total. The Hall–Kier alpha value is -0.0200. The fourth-order valence-electron chi connectivity index (χ4n) is 1.13. The molecule has 0 N–H and O–H groups in total. The van der Waals surface area contributed by atoms with Crippen LogP contribution in [0.2, 0.25) is 0 Å². The van der Waals surface area contributed by atoms with Gasteiger partial charge in [0.25, 0.3) is 0 Å². The molecule has 0 bridgehead atoms. The van der Waals surface area contributed by atoms with Crippen molar-refractivity contribution in [2.75, 3.05) is 12.4 Å². The van der Waals surface area contributed by atoms with Crippen molar-refractivity contribution < 1.29 is 9.90 Å². The van der Waals surface area contributed by atoms with Crippen molar-refractivity contribution in [3.63, 3.8) is 0 Å². The average Bonchev–Trinajstić information content (AvgIpc) is 2.31. The molecule has 1 rings (SSSR count). The largest absolute Gasteiger partial charge is 0.287 e. The van der Waals surface area contributed by atoms with Crippen LogP contribution in [-0.4, -0.2) is 17.5 Å². The number of hydrogen-bond acceptors (Lipinski definition) is 2. The van der Waals surface area contributed by atoms with Gasteiger partial charge < -0.3 is 0 Å². The molecule has 0 amide bonds. The summed E-state index contributed by atoms with van der Waals surface area (Å²) in [5.41, 5.74) is 0. The molecule has 1 atom stereocenters. The van der Waals surface area contributed by atoms with E-state index < -0.39 is 0 Å². The van der Waals surface area contributed by atoms with Gasteiger partial charge in [0.1, 0.15) is 0 Å². The van der Waals surface area contributed by atoms with Gasteiger partial charge in [0.15, 0.2) is 5.12 Å².